The molecular formula is C27H40O10. The molecule has 0 aromatic rings. The average molecular weight is 525 g/mol. The molecule has 1 fully saturated rings. The fourth-order valence-electron chi connectivity index (χ4n) is 3.96. The van der Waals surface area contributed by atoms with Crippen molar-refractivity contribution in [1.82, 2.24) is 0 Å². The number of hydrogen-bond acceptors (Lipinski definition) is 10. The van der Waals surface area contributed by atoms with Gasteiger partial charge in [-0.1, -0.05) is 31.6 Å². The van der Waals surface area contributed by atoms with E-state index in [1.54, 1.807) is 19.9 Å². The summed E-state index contributed by atoms with van der Waals surface area (Å²) in [5, 5.41) is 30.1. The second kappa shape index (κ2) is 14.5. The molecule has 7 atom stereocenters. The Labute approximate surface area is 217 Å². The van der Waals surface area contributed by atoms with Gasteiger partial charge >= 0.3 is 11.9 Å². The molecule has 0 aromatic heterocycles. The standard InChI is InChI=1S/C27H40O10/c1-6-8-9-21(30)36-25-18(29)12-10-17(5)26(33)34-19(15(3)7-2)13-11-16(4)24(25)37-27-23(32)22(31)20(14-28)35-27/h7,10-11,19-20,22-25,27-28,31-32H,6,8-9,12-14H2,1-5H3/b15-7-,16-11+,17-10-/t19-,20-,22-,23+,24-,25-,27-/m1/s1. The molecule has 10 heteroatoms. The third kappa shape index (κ3) is 8.31. The summed E-state index contributed by atoms with van der Waals surface area (Å²) < 4.78 is 22.7. The normalized spacial score (nSPS) is 34.9. The zero-order valence-corrected chi connectivity index (χ0v) is 22.2. The molecule has 208 valence electrons. The fourth-order valence-corrected chi connectivity index (χ4v) is 3.96. The summed E-state index contributed by atoms with van der Waals surface area (Å²) in [5.74, 6) is -1.66. The lowest BCUT2D eigenvalue weighted by atomic mass is 9.96. The van der Waals surface area contributed by atoms with Crippen LogP contribution >= 0.6 is 0 Å². The lowest BCUT2D eigenvalue weighted by molar-refractivity contribution is -0.208. The van der Waals surface area contributed by atoms with Crippen LogP contribution in [-0.4, -0.2) is 82.6 Å². The van der Waals surface area contributed by atoms with Gasteiger partial charge in [-0.25, -0.2) is 4.79 Å². The number of carbonyl (C=O) groups is 3. The highest BCUT2D eigenvalue weighted by Gasteiger charge is 2.46. The van der Waals surface area contributed by atoms with E-state index in [4.69, 9.17) is 18.9 Å². The van der Waals surface area contributed by atoms with Gasteiger partial charge in [0.15, 0.2) is 18.2 Å². The number of esters is 2. The van der Waals surface area contributed by atoms with Crippen LogP contribution in [-0.2, 0) is 33.3 Å². The van der Waals surface area contributed by atoms with E-state index in [0.717, 1.165) is 12.0 Å². The summed E-state index contributed by atoms with van der Waals surface area (Å²) in [7, 11) is 0. The maximum Gasteiger partial charge on any atom is 0.334 e. The van der Waals surface area contributed by atoms with E-state index in [2.05, 4.69) is 0 Å². The van der Waals surface area contributed by atoms with E-state index in [-0.39, 0.29) is 24.8 Å². The van der Waals surface area contributed by atoms with E-state index in [1.165, 1.54) is 6.08 Å². The maximum atomic E-state index is 13.3. The Hall–Kier alpha value is -2.37. The molecule has 0 aliphatic carbocycles. The molecule has 0 bridgehead atoms. The van der Waals surface area contributed by atoms with Gasteiger partial charge < -0.3 is 34.3 Å². The number of aliphatic hydroxyl groups excluding tert-OH is 3. The number of carbonyl (C=O) groups excluding carboxylic acids is 3. The van der Waals surface area contributed by atoms with Crippen LogP contribution in [0.1, 0.15) is 66.7 Å². The predicted octanol–water partition coefficient (Wildman–Crippen LogP) is 2.05. The third-order valence-electron chi connectivity index (χ3n) is 6.61. The number of cyclic esters (lactones) is 1. The summed E-state index contributed by atoms with van der Waals surface area (Å²) in [5.41, 5.74) is 1.54. The quantitative estimate of drug-likeness (QED) is 0.318. The number of hydrogen-bond donors (Lipinski definition) is 3. The molecule has 0 radical (unpaired) electrons. The minimum Gasteiger partial charge on any atom is -0.454 e. The van der Waals surface area contributed by atoms with Crippen molar-refractivity contribution >= 4 is 17.7 Å². The predicted molar refractivity (Wildman–Crippen MR) is 133 cm³/mol. The second-order valence-corrected chi connectivity index (χ2v) is 9.45. The first-order valence-electron chi connectivity index (χ1n) is 12.7. The Kier molecular flexibility index (Phi) is 12.1. The molecule has 3 N–H and O–H groups in total. The molecule has 37 heavy (non-hydrogen) atoms. The first kappa shape index (κ1) is 30.9. The Morgan fingerprint density at radius 2 is 1.86 bits per heavy atom. The van der Waals surface area contributed by atoms with Crippen molar-refractivity contribution in [2.24, 2.45) is 0 Å². The number of aliphatic hydroxyl groups is 3. The van der Waals surface area contributed by atoms with Crippen LogP contribution in [0.4, 0.5) is 0 Å². The fraction of sp³-hybridized carbons (Fsp3) is 0.667. The van der Waals surface area contributed by atoms with Crippen LogP contribution in [0.5, 0.6) is 0 Å². The maximum absolute atomic E-state index is 13.3. The van der Waals surface area contributed by atoms with E-state index in [0.29, 0.717) is 12.0 Å². The molecule has 2 aliphatic heterocycles. The monoisotopic (exact) mass is 524 g/mol. The van der Waals surface area contributed by atoms with Crippen molar-refractivity contribution in [3.63, 3.8) is 0 Å². The first-order chi connectivity index (χ1) is 17.5. The van der Waals surface area contributed by atoms with E-state index >= 15 is 0 Å². The molecule has 2 heterocycles. The second-order valence-electron chi connectivity index (χ2n) is 9.45. The van der Waals surface area contributed by atoms with Crippen molar-refractivity contribution in [3.8, 4) is 0 Å². The molecule has 10 nitrogen and oxygen atoms in total. The molecular weight excluding hydrogens is 484 g/mol. The van der Waals surface area contributed by atoms with Crippen molar-refractivity contribution < 1.29 is 48.7 Å². The SMILES string of the molecule is C/C=C(/C)[C@H]1C/C=C(\C)[C@@H](O[C@H]2O[C@H](CO)[C@@H](O)[C@@H]2O)[C@H](OC(=O)CCCC)C(=O)C/C=C(/C)C(=O)O1. The largest absolute Gasteiger partial charge is 0.454 e. The summed E-state index contributed by atoms with van der Waals surface area (Å²) >= 11 is 0. The van der Waals surface area contributed by atoms with Crippen molar-refractivity contribution in [2.45, 2.75) is 110 Å². The highest BCUT2D eigenvalue weighted by molar-refractivity contribution is 5.91. The van der Waals surface area contributed by atoms with Gasteiger partial charge in [0.05, 0.1) is 6.61 Å². The number of ketones is 1. The Morgan fingerprint density at radius 3 is 2.46 bits per heavy atom. The van der Waals surface area contributed by atoms with Crippen LogP contribution in [0.15, 0.2) is 34.9 Å². The Bertz CT molecular complexity index is 905. The number of Topliss-reactive ketones (excluding diaryl/α,β-unsaturated/α-hetero) is 1. The lowest BCUT2D eigenvalue weighted by Crippen LogP contribution is -2.45. The van der Waals surface area contributed by atoms with Crippen molar-refractivity contribution in [2.75, 3.05) is 6.61 Å². The number of allylic oxidation sites excluding steroid dienone is 2. The highest BCUT2D eigenvalue weighted by Crippen LogP contribution is 2.28. The zero-order chi connectivity index (χ0) is 27.7. The summed E-state index contributed by atoms with van der Waals surface area (Å²) in [6.07, 6.45) is -2.09. The molecule has 0 spiro atoms. The van der Waals surface area contributed by atoms with Gasteiger partial charge in [-0.05, 0) is 45.3 Å². The van der Waals surface area contributed by atoms with Crippen LogP contribution in [0.3, 0.4) is 0 Å². The summed E-state index contributed by atoms with van der Waals surface area (Å²) in [6, 6.07) is 0. The van der Waals surface area contributed by atoms with Crippen LogP contribution in [0, 0.1) is 0 Å². The first-order valence-corrected chi connectivity index (χ1v) is 12.7. The summed E-state index contributed by atoms with van der Waals surface area (Å²) in [6.45, 7) is 8.25. The van der Waals surface area contributed by atoms with Crippen molar-refractivity contribution in [1.29, 1.82) is 0 Å². The van der Waals surface area contributed by atoms with Gasteiger partial charge in [-0.2, -0.15) is 0 Å². The van der Waals surface area contributed by atoms with Crippen LogP contribution in [0.2, 0.25) is 0 Å². The molecule has 2 rings (SSSR count). The van der Waals surface area contributed by atoms with Crippen LogP contribution < -0.4 is 0 Å². The van der Waals surface area contributed by atoms with Gasteiger partial charge in [0.1, 0.15) is 30.5 Å². The van der Waals surface area contributed by atoms with Gasteiger partial charge in [-0.3, -0.25) is 9.59 Å². The molecule has 0 aromatic carbocycles. The number of unbranched alkanes of at least 4 members (excludes halogenated alkanes) is 1. The van der Waals surface area contributed by atoms with Gasteiger partial charge in [-0.15, -0.1) is 0 Å². The number of rotatable bonds is 8. The van der Waals surface area contributed by atoms with Crippen LogP contribution in [0.25, 0.3) is 0 Å². The lowest BCUT2D eigenvalue weighted by Gasteiger charge is -2.30. The highest BCUT2D eigenvalue weighted by atomic mass is 16.7. The smallest absolute Gasteiger partial charge is 0.334 e. The molecule has 1 saturated heterocycles. The molecule has 0 saturated carbocycles. The minimum atomic E-state index is -1.50. The third-order valence-corrected chi connectivity index (χ3v) is 6.61. The Balaban J connectivity index is 2.50. The van der Waals surface area contributed by atoms with Gasteiger partial charge in [0.2, 0.25) is 0 Å². The molecule has 2 aliphatic rings. The Morgan fingerprint density at radius 1 is 1.16 bits per heavy atom. The molecule has 0 amide bonds. The van der Waals surface area contributed by atoms with E-state index in [1.807, 2.05) is 26.8 Å². The minimum absolute atomic E-state index is 0.105. The molecule has 0 unspecified atom stereocenters. The topological polar surface area (TPSA) is 149 Å². The average Bonchev–Trinajstić information content (AvgIpc) is 3.16. The van der Waals surface area contributed by atoms with E-state index in [9.17, 15) is 29.7 Å². The van der Waals surface area contributed by atoms with Gasteiger partial charge in [0, 0.05) is 24.8 Å². The summed E-state index contributed by atoms with van der Waals surface area (Å²) in [4.78, 5) is 38.5. The number of ether oxygens (including phenoxy) is 4. The van der Waals surface area contributed by atoms with E-state index < -0.39 is 67.2 Å². The zero-order valence-electron chi connectivity index (χ0n) is 22.2. The van der Waals surface area contributed by atoms with Gasteiger partial charge in [0.25, 0.3) is 0 Å². The van der Waals surface area contributed by atoms with Crippen molar-refractivity contribution in [3.05, 3.63) is 34.9 Å².